The van der Waals surface area contributed by atoms with E-state index in [0.717, 1.165) is 18.6 Å². The van der Waals surface area contributed by atoms with Gasteiger partial charge in [-0.1, -0.05) is 0 Å². The minimum Gasteiger partial charge on any atom is -0.306 e. The van der Waals surface area contributed by atoms with Crippen LogP contribution in [0, 0.1) is 0 Å². The molecular formula is C11H14N4. The maximum atomic E-state index is 4.32. The highest BCUT2D eigenvalue weighted by molar-refractivity contribution is 5.38. The fraction of sp³-hybridized carbons (Fsp3) is 0.455. The van der Waals surface area contributed by atoms with Crippen LogP contribution in [-0.4, -0.2) is 21.1 Å². The highest BCUT2D eigenvalue weighted by atomic mass is 15.3. The number of hydrogen-bond donors (Lipinski definition) is 1. The molecule has 0 spiro atoms. The third-order valence-electron chi connectivity index (χ3n) is 3.22. The Morgan fingerprint density at radius 2 is 2.33 bits per heavy atom. The van der Waals surface area contributed by atoms with E-state index in [4.69, 9.17) is 0 Å². The quantitative estimate of drug-likeness (QED) is 0.758. The summed E-state index contributed by atoms with van der Waals surface area (Å²) in [5, 5.41) is 7.87. The lowest BCUT2D eigenvalue weighted by Gasteiger charge is -2.24. The van der Waals surface area contributed by atoms with E-state index in [1.807, 2.05) is 16.8 Å². The van der Waals surface area contributed by atoms with Gasteiger partial charge in [-0.15, -0.1) is 0 Å². The highest BCUT2D eigenvalue weighted by Gasteiger charge is 2.32. The third kappa shape index (κ3) is 1.25. The first kappa shape index (κ1) is 8.85. The number of hydrogen-bond acceptors (Lipinski definition) is 3. The molecule has 4 nitrogen and oxygen atoms in total. The number of rotatable bonds is 1. The molecule has 3 rings (SSSR count). The number of fused-ring (bicyclic) bond motifs is 1. The van der Waals surface area contributed by atoms with Crippen molar-refractivity contribution in [1.82, 2.24) is 19.9 Å². The normalized spacial score (nSPS) is 26.2. The summed E-state index contributed by atoms with van der Waals surface area (Å²) in [6.45, 7) is 3.32. The van der Waals surface area contributed by atoms with E-state index in [0.29, 0.717) is 0 Å². The summed E-state index contributed by atoms with van der Waals surface area (Å²) in [7, 11) is 0. The molecule has 0 aliphatic carbocycles. The number of nitrogens with one attached hydrogen (secondary N) is 1. The van der Waals surface area contributed by atoms with Crippen LogP contribution in [0.4, 0.5) is 0 Å². The van der Waals surface area contributed by atoms with Gasteiger partial charge in [0, 0.05) is 12.3 Å². The van der Waals surface area contributed by atoms with Crippen LogP contribution in [0.25, 0.3) is 5.65 Å². The van der Waals surface area contributed by atoms with Crippen molar-refractivity contribution in [1.29, 1.82) is 0 Å². The van der Waals surface area contributed by atoms with E-state index in [1.165, 1.54) is 12.1 Å². The summed E-state index contributed by atoms with van der Waals surface area (Å²) >= 11 is 0. The lowest BCUT2D eigenvalue weighted by Crippen LogP contribution is -2.35. The molecular weight excluding hydrogens is 188 g/mol. The van der Waals surface area contributed by atoms with E-state index in [2.05, 4.69) is 28.4 Å². The van der Waals surface area contributed by atoms with Crippen LogP contribution in [-0.2, 0) is 5.54 Å². The average Bonchev–Trinajstić information content (AvgIpc) is 2.85. The van der Waals surface area contributed by atoms with Crippen molar-refractivity contribution in [2.45, 2.75) is 25.3 Å². The van der Waals surface area contributed by atoms with Crippen molar-refractivity contribution >= 4 is 5.65 Å². The van der Waals surface area contributed by atoms with Gasteiger partial charge in [-0.25, -0.2) is 9.50 Å². The van der Waals surface area contributed by atoms with Crippen molar-refractivity contribution in [3.63, 3.8) is 0 Å². The molecule has 0 bridgehead atoms. The predicted molar refractivity (Wildman–Crippen MR) is 57.6 cm³/mol. The Kier molecular flexibility index (Phi) is 1.79. The molecule has 2 aromatic rings. The van der Waals surface area contributed by atoms with Crippen molar-refractivity contribution in [2.75, 3.05) is 6.54 Å². The van der Waals surface area contributed by atoms with Gasteiger partial charge in [0.05, 0.1) is 17.4 Å². The van der Waals surface area contributed by atoms with Crippen LogP contribution < -0.4 is 5.32 Å². The van der Waals surface area contributed by atoms with Gasteiger partial charge in [0.2, 0.25) is 0 Å². The van der Waals surface area contributed by atoms with Crippen LogP contribution in [0.15, 0.2) is 24.5 Å². The minimum atomic E-state index is 0.0488. The fourth-order valence-electron chi connectivity index (χ4n) is 2.37. The zero-order chi connectivity index (χ0) is 10.3. The maximum absolute atomic E-state index is 4.32. The van der Waals surface area contributed by atoms with Gasteiger partial charge in [0.25, 0.3) is 0 Å². The van der Waals surface area contributed by atoms with Gasteiger partial charge < -0.3 is 5.32 Å². The molecule has 0 saturated carbocycles. The fourth-order valence-corrected chi connectivity index (χ4v) is 2.37. The monoisotopic (exact) mass is 202 g/mol. The summed E-state index contributed by atoms with van der Waals surface area (Å²) in [5.41, 5.74) is 2.17. The molecule has 15 heavy (non-hydrogen) atoms. The molecule has 1 saturated heterocycles. The minimum absolute atomic E-state index is 0.0488. The smallest absolute Gasteiger partial charge is 0.155 e. The molecule has 2 aromatic heterocycles. The molecule has 1 fully saturated rings. The predicted octanol–water partition coefficient (Wildman–Crippen LogP) is 1.33. The summed E-state index contributed by atoms with van der Waals surface area (Å²) in [6.07, 6.45) is 6.04. The molecule has 1 atom stereocenters. The molecule has 0 unspecified atom stereocenters. The average molecular weight is 202 g/mol. The van der Waals surface area contributed by atoms with Gasteiger partial charge in [0.15, 0.2) is 5.65 Å². The maximum Gasteiger partial charge on any atom is 0.155 e. The van der Waals surface area contributed by atoms with Gasteiger partial charge in [-0.05, 0) is 32.4 Å². The third-order valence-corrected chi connectivity index (χ3v) is 3.22. The summed E-state index contributed by atoms with van der Waals surface area (Å²) in [6, 6.07) is 3.99. The number of aromatic nitrogens is 3. The molecule has 1 aliphatic heterocycles. The van der Waals surface area contributed by atoms with Gasteiger partial charge >= 0.3 is 0 Å². The zero-order valence-corrected chi connectivity index (χ0v) is 8.77. The van der Waals surface area contributed by atoms with E-state index < -0.39 is 0 Å². The van der Waals surface area contributed by atoms with Crippen molar-refractivity contribution in [2.24, 2.45) is 0 Å². The first-order valence-corrected chi connectivity index (χ1v) is 5.34. The van der Waals surface area contributed by atoms with E-state index in [1.54, 1.807) is 6.20 Å². The van der Waals surface area contributed by atoms with Crippen LogP contribution in [0.3, 0.4) is 0 Å². The summed E-state index contributed by atoms with van der Waals surface area (Å²) in [5.74, 6) is 0. The number of nitrogens with zero attached hydrogens (tertiary/aromatic N) is 3. The van der Waals surface area contributed by atoms with Crippen LogP contribution in [0.5, 0.6) is 0 Å². The van der Waals surface area contributed by atoms with E-state index in [-0.39, 0.29) is 5.54 Å². The highest BCUT2D eigenvalue weighted by Crippen LogP contribution is 2.29. The SMILES string of the molecule is C[C@]1(c2ccnc3ccnn23)CCCN1. The van der Waals surface area contributed by atoms with Gasteiger partial charge in [-0.3, -0.25) is 0 Å². The van der Waals surface area contributed by atoms with Crippen molar-refractivity contribution < 1.29 is 0 Å². The standard InChI is InChI=1S/C11H14N4/c1-11(5-2-6-13-11)9-3-7-12-10-4-8-14-15(9)10/h3-4,7-8,13H,2,5-6H2,1H3/t11-/m1/s1. The molecule has 0 radical (unpaired) electrons. The Morgan fingerprint density at radius 3 is 3.13 bits per heavy atom. The largest absolute Gasteiger partial charge is 0.306 e. The Morgan fingerprint density at radius 1 is 1.40 bits per heavy atom. The lowest BCUT2D eigenvalue weighted by atomic mass is 9.96. The molecule has 78 valence electrons. The van der Waals surface area contributed by atoms with Crippen molar-refractivity contribution in [3.8, 4) is 0 Å². The Balaban J connectivity index is 2.21. The molecule has 0 amide bonds. The second-order valence-corrected chi connectivity index (χ2v) is 4.29. The molecule has 4 heteroatoms. The van der Waals surface area contributed by atoms with E-state index in [9.17, 15) is 0 Å². The van der Waals surface area contributed by atoms with Crippen LogP contribution >= 0.6 is 0 Å². The lowest BCUT2D eigenvalue weighted by molar-refractivity contribution is 0.410. The summed E-state index contributed by atoms with van der Waals surface area (Å²) in [4.78, 5) is 4.28. The van der Waals surface area contributed by atoms with Crippen LogP contribution in [0.1, 0.15) is 25.5 Å². The van der Waals surface area contributed by atoms with Crippen LogP contribution in [0.2, 0.25) is 0 Å². The molecule has 1 N–H and O–H groups in total. The Labute approximate surface area is 88.3 Å². The first-order valence-electron chi connectivity index (χ1n) is 5.34. The Bertz CT molecular complexity index is 482. The second kappa shape index (κ2) is 3.03. The first-order chi connectivity index (χ1) is 7.30. The topological polar surface area (TPSA) is 42.2 Å². The molecule has 1 aliphatic rings. The van der Waals surface area contributed by atoms with Crippen molar-refractivity contribution in [3.05, 3.63) is 30.2 Å². The second-order valence-electron chi connectivity index (χ2n) is 4.29. The molecule has 0 aromatic carbocycles. The molecule has 3 heterocycles. The Hall–Kier alpha value is -1.42. The summed E-state index contributed by atoms with van der Waals surface area (Å²) < 4.78 is 1.93. The zero-order valence-electron chi connectivity index (χ0n) is 8.77. The van der Waals surface area contributed by atoms with E-state index >= 15 is 0 Å². The van der Waals surface area contributed by atoms with Gasteiger partial charge in [0.1, 0.15) is 0 Å². The van der Waals surface area contributed by atoms with Gasteiger partial charge in [-0.2, -0.15) is 5.10 Å².